The van der Waals surface area contributed by atoms with Crippen molar-refractivity contribution in [2.45, 2.75) is 32.2 Å². The molecule has 2 aromatic carbocycles. The molecular weight excluding hydrogens is 260 g/mol. The number of hydrogen-bond acceptors (Lipinski definition) is 2. The summed E-state index contributed by atoms with van der Waals surface area (Å²) in [6.45, 7) is 4.26. The minimum absolute atomic E-state index is 0.0627. The van der Waals surface area contributed by atoms with Crippen molar-refractivity contribution >= 4 is 11.6 Å². The first kappa shape index (κ1) is 15.3. The maximum atomic E-state index is 12.1. The van der Waals surface area contributed by atoms with E-state index in [1.54, 1.807) is 0 Å². The van der Waals surface area contributed by atoms with Gasteiger partial charge in [0, 0.05) is 18.2 Å². The van der Waals surface area contributed by atoms with Crippen LogP contribution in [0.25, 0.3) is 0 Å². The van der Waals surface area contributed by atoms with E-state index in [0.29, 0.717) is 5.92 Å². The van der Waals surface area contributed by atoms with Gasteiger partial charge in [0.25, 0.3) is 0 Å². The zero-order valence-corrected chi connectivity index (χ0v) is 12.5. The molecule has 0 saturated carbocycles. The summed E-state index contributed by atoms with van der Waals surface area (Å²) in [5, 5.41) is 2.92. The second-order valence-electron chi connectivity index (χ2n) is 5.55. The molecule has 21 heavy (non-hydrogen) atoms. The van der Waals surface area contributed by atoms with Crippen LogP contribution in [0.1, 0.15) is 43.4 Å². The number of nitrogens with two attached hydrogens (primary N) is 1. The summed E-state index contributed by atoms with van der Waals surface area (Å²) < 4.78 is 0. The summed E-state index contributed by atoms with van der Waals surface area (Å²) in [5.41, 5.74) is 9.08. The molecule has 0 spiro atoms. The summed E-state index contributed by atoms with van der Waals surface area (Å²) in [4.78, 5) is 12.1. The molecule has 1 atom stereocenters. The predicted molar refractivity (Wildman–Crippen MR) is 87.1 cm³/mol. The Balaban J connectivity index is 1.97. The molecule has 1 unspecified atom stereocenters. The average molecular weight is 282 g/mol. The Morgan fingerprint density at radius 2 is 1.71 bits per heavy atom. The van der Waals surface area contributed by atoms with Crippen LogP contribution in [0.15, 0.2) is 54.6 Å². The molecule has 0 aromatic heterocycles. The minimum Gasteiger partial charge on any atom is -0.326 e. The van der Waals surface area contributed by atoms with Gasteiger partial charge in [0.1, 0.15) is 0 Å². The van der Waals surface area contributed by atoms with Crippen LogP contribution in [0.5, 0.6) is 0 Å². The molecule has 0 aliphatic carbocycles. The van der Waals surface area contributed by atoms with Crippen molar-refractivity contribution in [3.05, 3.63) is 65.7 Å². The van der Waals surface area contributed by atoms with Gasteiger partial charge in [-0.05, 0) is 29.2 Å². The van der Waals surface area contributed by atoms with Crippen LogP contribution in [0, 0.1) is 0 Å². The zero-order valence-electron chi connectivity index (χ0n) is 12.5. The van der Waals surface area contributed by atoms with Gasteiger partial charge in [0.05, 0.1) is 0 Å². The third-order valence-corrected chi connectivity index (χ3v) is 3.47. The summed E-state index contributed by atoms with van der Waals surface area (Å²) in [7, 11) is 0. The van der Waals surface area contributed by atoms with Gasteiger partial charge in [0.2, 0.25) is 5.91 Å². The number of amides is 1. The maximum absolute atomic E-state index is 12.1. The molecule has 3 heteroatoms. The number of carbonyl (C=O) groups is 1. The Morgan fingerprint density at radius 1 is 1.05 bits per heavy atom. The second-order valence-corrected chi connectivity index (χ2v) is 5.55. The van der Waals surface area contributed by atoms with Crippen LogP contribution in [0.4, 0.5) is 5.69 Å². The highest BCUT2D eigenvalue weighted by Crippen LogP contribution is 2.19. The van der Waals surface area contributed by atoms with E-state index < -0.39 is 0 Å². The minimum atomic E-state index is -0.278. The lowest BCUT2D eigenvalue weighted by Gasteiger charge is -2.13. The van der Waals surface area contributed by atoms with Crippen LogP contribution in [-0.4, -0.2) is 5.91 Å². The molecular formula is C18H22N2O. The van der Waals surface area contributed by atoms with Gasteiger partial charge in [-0.15, -0.1) is 0 Å². The van der Waals surface area contributed by atoms with E-state index in [-0.39, 0.29) is 18.4 Å². The number of rotatable bonds is 5. The van der Waals surface area contributed by atoms with E-state index >= 15 is 0 Å². The van der Waals surface area contributed by atoms with Gasteiger partial charge in [-0.3, -0.25) is 4.79 Å². The third-order valence-electron chi connectivity index (χ3n) is 3.47. The van der Waals surface area contributed by atoms with Crippen LogP contribution >= 0.6 is 0 Å². The Labute approximate surface area is 126 Å². The lowest BCUT2D eigenvalue weighted by molar-refractivity contribution is -0.116. The first-order valence-electron chi connectivity index (χ1n) is 7.26. The number of hydrogen-bond donors (Lipinski definition) is 2. The average Bonchev–Trinajstić information content (AvgIpc) is 2.48. The molecule has 0 aliphatic heterocycles. The highest BCUT2D eigenvalue weighted by atomic mass is 16.1. The van der Waals surface area contributed by atoms with Crippen LogP contribution in [-0.2, 0) is 4.79 Å². The van der Waals surface area contributed by atoms with Crippen molar-refractivity contribution in [2.75, 3.05) is 5.32 Å². The van der Waals surface area contributed by atoms with Crippen LogP contribution < -0.4 is 11.1 Å². The van der Waals surface area contributed by atoms with Gasteiger partial charge >= 0.3 is 0 Å². The van der Waals surface area contributed by atoms with Crippen molar-refractivity contribution in [2.24, 2.45) is 5.73 Å². The largest absolute Gasteiger partial charge is 0.326 e. The molecule has 3 nitrogen and oxygen atoms in total. The van der Waals surface area contributed by atoms with Gasteiger partial charge in [-0.2, -0.15) is 0 Å². The molecule has 0 heterocycles. The van der Waals surface area contributed by atoms with Gasteiger partial charge < -0.3 is 11.1 Å². The van der Waals surface area contributed by atoms with Gasteiger partial charge in [0.15, 0.2) is 0 Å². The standard InChI is InChI=1S/C18H22N2O/c1-13(2)15-9-6-10-16(11-15)20-18(21)12-17(19)14-7-4-3-5-8-14/h3-11,13,17H,12,19H2,1-2H3,(H,20,21). The number of anilines is 1. The van der Waals surface area contributed by atoms with Crippen LogP contribution in [0.3, 0.4) is 0 Å². The van der Waals surface area contributed by atoms with E-state index in [4.69, 9.17) is 5.73 Å². The zero-order chi connectivity index (χ0) is 15.2. The number of nitrogens with one attached hydrogen (secondary N) is 1. The Morgan fingerprint density at radius 3 is 2.38 bits per heavy atom. The molecule has 110 valence electrons. The Hall–Kier alpha value is -2.13. The fraction of sp³-hybridized carbons (Fsp3) is 0.278. The first-order valence-corrected chi connectivity index (χ1v) is 7.26. The Kier molecular flexibility index (Phi) is 5.12. The maximum Gasteiger partial charge on any atom is 0.226 e. The predicted octanol–water partition coefficient (Wildman–Crippen LogP) is 3.84. The summed E-state index contributed by atoms with van der Waals surface area (Å²) >= 11 is 0. The molecule has 0 fully saturated rings. The highest BCUT2D eigenvalue weighted by Gasteiger charge is 2.12. The van der Waals surface area contributed by atoms with Crippen molar-refractivity contribution in [3.63, 3.8) is 0 Å². The molecule has 2 rings (SSSR count). The van der Waals surface area contributed by atoms with Gasteiger partial charge in [-0.1, -0.05) is 56.3 Å². The van der Waals surface area contributed by atoms with E-state index in [0.717, 1.165) is 11.3 Å². The summed E-state index contributed by atoms with van der Waals surface area (Å²) in [6, 6.07) is 17.3. The van der Waals surface area contributed by atoms with E-state index in [2.05, 4.69) is 25.2 Å². The molecule has 1 amide bonds. The lowest BCUT2D eigenvalue weighted by atomic mass is 10.0. The monoisotopic (exact) mass is 282 g/mol. The number of benzene rings is 2. The SMILES string of the molecule is CC(C)c1cccc(NC(=O)CC(N)c2ccccc2)c1. The van der Waals surface area contributed by atoms with E-state index in [1.165, 1.54) is 5.56 Å². The van der Waals surface area contributed by atoms with Crippen molar-refractivity contribution in [1.29, 1.82) is 0 Å². The molecule has 0 radical (unpaired) electrons. The quantitative estimate of drug-likeness (QED) is 0.875. The third kappa shape index (κ3) is 4.43. The summed E-state index contributed by atoms with van der Waals surface area (Å²) in [5.74, 6) is 0.376. The lowest BCUT2D eigenvalue weighted by Crippen LogP contribution is -2.20. The van der Waals surface area contributed by atoms with Crippen molar-refractivity contribution in [1.82, 2.24) is 0 Å². The van der Waals surface area contributed by atoms with E-state index in [9.17, 15) is 4.79 Å². The van der Waals surface area contributed by atoms with Crippen molar-refractivity contribution in [3.8, 4) is 0 Å². The van der Waals surface area contributed by atoms with E-state index in [1.807, 2.05) is 48.5 Å². The Bertz CT molecular complexity index is 593. The normalized spacial score (nSPS) is 12.2. The highest BCUT2D eigenvalue weighted by molar-refractivity contribution is 5.91. The fourth-order valence-electron chi connectivity index (χ4n) is 2.21. The van der Waals surface area contributed by atoms with Crippen molar-refractivity contribution < 1.29 is 4.79 Å². The topological polar surface area (TPSA) is 55.1 Å². The van der Waals surface area contributed by atoms with Gasteiger partial charge in [-0.25, -0.2) is 0 Å². The molecule has 3 N–H and O–H groups in total. The first-order chi connectivity index (χ1) is 10.1. The fourth-order valence-corrected chi connectivity index (χ4v) is 2.21. The smallest absolute Gasteiger partial charge is 0.226 e. The molecule has 0 aliphatic rings. The van der Waals surface area contributed by atoms with Crippen LogP contribution in [0.2, 0.25) is 0 Å². The second kappa shape index (κ2) is 7.04. The molecule has 0 saturated heterocycles. The summed E-state index contributed by atoms with van der Waals surface area (Å²) in [6.07, 6.45) is 0.274. The molecule has 0 bridgehead atoms. The molecule has 2 aromatic rings. The number of carbonyl (C=O) groups excluding carboxylic acids is 1.